The fourth-order valence-electron chi connectivity index (χ4n) is 3.35. The zero-order valence-corrected chi connectivity index (χ0v) is 11.0. The highest BCUT2D eigenvalue weighted by molar-refractivity contribution is 6.12. The van der Waals surface area contributed by atoms with Gasteiger partial charge in [-0.15, -0.1) is 0 Å². The Kier molecular flexibility index (Phi) is 2.63. The lowest BCUT2D eigenvalue weighted by Gasteiger charge is -2.35. The monoisotopic (exact) mass is 242 g/mol. The number of allylic oxidation sites excluding steroid dienone is 1. The molecule has 1 atom stereocenters. The summed E-state index contributed by atoms with van der Waals surface area (Å²) in [5.41, 5.74) is 3.80. The Bertz CT molecular complexity index is 542. The second-order valence-electron chi connectivity index (χ2n) is 5.15. The van der Waals surface area contributed by atoms with E-state index in [1.165, 1.54) is 11.1 Å². The van der Waals surface area contributed by atoms with Crippen LogP contribution in [0.1, 0.15) is 49.0 Å². The average molecular weight is 242 g/mol. The van der Waals surface area contributed by atoms with Gasteiger partial charge in [0.05, 0.1) is 0 Å². The van der Waals surface area contributed by atoms with Gasteiger partial charge >= 0.3 is 0 Å². The summed E-state index contributed by atoms with van der Waals surface area (Å²) < 4.78 is 5.85. The first kappa shape index (κ1) is 11.7. The summed E-state index contributed by atoms with van der Waals surface area (Å²) in [6.45, 7) is 4.46. The number of Topliss-reactive ketones (excluding diaryl/α,β-unsaturated/α-hetero) is 1. The molecule has 0 N–H and O–H groups in total. The van der Waals surface area contributed by atoms with E-state index in [1.54, 1.807) is 0 Å². The molecule has 2 aliphatic carbocycles. The van der Waals surface area contributed by atoms with E-state index in [-0.39, 0.29) is 5.78 Å². The van der Waals surface area contributed by atoms with Crippen LogP contribution in [0.2, 0.25) is 0 Å². The lowest BCUT2D eigenvalue weighted by atomic mass is 9.76. The first-order valence-corrected chi connectivity index (χ1v) is 6.69. The first-order valence-electron chi connectivity index (χ1n) is 6.69. The van der Waals surface area contributed by atoms with Crippen molar-refractivity contribution in [1.82, 2.24) is 0 Å². The van der Waals surface area contributed by atoms with Gasteiger partial charge < -0.3 is 4.74 Å². The van der Waals surface area contributed by atoms with E-state index in [0.717, 1.165) is 30.4 Å². The van der Waals surface area contributed by atoms with Crippen LogP contribution in [0.3, 0.4) is 0 Å². The van der Waals surface area contributed by atoms with Crippen LogP contribution in [-0.4, -0.2) is 18.0 Å². The van der Waals surface area contributed by atoms with Crippen LogP contribution in [0.25, 0.3) is 5.57 Å². The summed E-state index contributed by atoms with van der Waals surface area (Å²) >= 11 is 0. The van der Waals surface area contributed by atoms with Crippen molar-refractivity contribution in [3.63, 3.8) is 0 Å². The highest BCUT2D eigenvalue weighted by Crippen LogP contribution is 2.47. The summed E-state index contributed by atoms with van der Waals surface area (Å²) in [5, 5.41) is 0. The summed E-state index contributed by atoms with van der Waals surface area (Å²) in [5.74, 6) is 0.126. The van der Waals surface area contributed by atoms with E-state index in [1.807, 2.05) is 32.0 Å². The predicted octanol–water partition coefficient (Wildman–Crippen LogP) is 3.62. The van der Waals surface area contributed by atoms with Crippen molar-refractivity contribution >= 4 is 11.4 Å². The maximum Gasteiger partial charge on any atom is 0.199 e. The molecule has 0 aromatic heterocycles. The number of hydrogen-bond donors (Lipinski definition) is 0. The third-order valence-electron chi connectivity index (χ3n) is 4.16. The lowest BCUT2D eigenvalue weighted by molar-refractivity contribution is 0.00952. The van der Waals surface area contributed by atoms with Crippen LogP contribution in [-0.2, 0) is 4.74 Å². The molecule has 2 aliphatic rings. The van der Waals surface area contributed by atoms with Gasteiger partial charge in [0.1, 0.15) is 5.60 Å². The quantitative estimate of drug-likeness (QED) is 0.791. The van der Waals surface area contributed by atoms with Crippen LogP contribution in [0.5, 0.6) is 0 Å². The Balaban J connectivity index is 2.23. The molecule has 2 heteroatoms. The van der Waals surface area contributed by atoms with Gasteiger partial charge in [-0.25, -0.2) is 0 Å². The topological polar surface area (TPSA) is 26.3 Å². The van der Waals surface area contributed by atoms with Gasteiger partial charge in [-0.2, -0.15) is 0 Å². The minimum Gasteiger partial charge on any atom is -0.363 e. The highest BCUT2D eigenvalue weighted by atomic mass is 16.5. The Morgan fingerprint density at radius 2 is 1.94 bits per heavy atom. The fraction of sp³-hybridized carbons (Fsp3) is 0.438. The standard InChI is InChI=1S/C16H18O2/c1-3-18-16(2)14-10-6-9-12(14)11-7-4-5-8-13(11)15(16)17/h4-5,7-8H,3,6,9-10H2,1-2H3. The largest absolute Gasteiger partial charge is 0.363 e. The predicted molar refractivity (Wildman–Crippen MR) is 71.6 cm³/mol. The van der Waals surface area contributed by atoms with Gasteiger partial charge in [0.2, 0.25) is 0 Å². The Labute approximate surface area is 108 Å². The van der Waals surface area contributed by atoms with Gasteiger partial charge in [-0.1, -0.05) is 24.3 Å². The molecule has 0 bridgehead atoms. The number of hydrogen-bond acceptors (Lipinski definition) is 2. The number of benzene rings is 1. The van der Waals surface area contributed by atoms with Crippen LogP contribution >= 0.6 is 0 Å². The number of ketones is 1. The van der Waals surface area contributed by atoms with Crippen molar-refractivity contribution in [1.29, 1.82) is 0 Å². The molecule has 0 heterocycles. The molecule has 0 saturated heterocycles. The molecule has 1 aromatic rings. The maximum atomic E-state index is 12.7. The number of rotatable bonds is 2. The third-order valence-corrected chi connectivity index (χ3v) is 4.16. The number of ether oxygens (including phenoxy) is 1. The number of carbonyl (C=O) groups is 1. The van der Waals surface area contributed by atoms with Crippen molar-refractivity contribution in [3.8, 4) is 0 Å². The Hall–Kier alpha value is -1.41. The fourth-order valence-corrected chi connectivity index (χ4v) is 3.35. The molecule has 94 valence electrons. The van der Waals surface area contributed by atoms with Gasteiger partial charge in [-0.3, -0.25) is 4.79 Å². The molecule has 0 radical (unpaired) electrons. The zero-order valence-electron chi connectivity index (χ0n) is 11.0. The van der Waals surface area contributed by atoms with Crippen LogP contribution in [0.15, 0.2) is 29.8 Å². The van der Waals surface area contributed by atoms with Gasteiger partial charge in [0.15, 0.2) is 5.78 Å². The molecule has 0 spiro atoms. The first-order chi connectivity index (χ1) is 8.68. The van der Waals surface area contributed by atoms with Crippen LogP contribution in [0.4, 0.5) is 0 Å². The van der Waals surface area contributed by atoms with E-state index in [9.17, 15) is 4.79 Å². The molecule has 0 fully saturated rings. The molecular formula is C16H18O2. The minimum atomic E-state index is -0.727. The summed E-state index contributed by atoms with van der Waals surface area (Å²) in [7, 11) is 0. The smallest absolute Gasteiger partial charge is 0.199 e. The van der Waals surface area contributed by atoms with Crippen LogP contribution < -0.4 is 0 Å². The molecule has 18 heavy (non-hydrogen) atoms. The number of carbonyl (C=O) groups excluding carboxylic acids is 1. The van der Waals surface area contributed by atoms with Crippen molar-refractivity contribution < 1.29 is 9.53 Å². The van der Waals surface area contributed by atoms with E-state index >= 15 is 0 Å². The minimum absolute atomic E-state index is 0.126. The molecule has 3 rings (SSSR count). The Morgan fingerprint density at radius 1 is 1.22 bits per heavy atom. The van der Waals surface area contributed by atoms with Crippen LogP contribution in [0, 0.1) is 0 Å². The van der Waals surface area contributed by atoms with Crippen molar-refractivity contribution in [2.45, 2.75) is 38.7 Å². The van der Waals surface area contributed by atoms with E-state index in [2.05, 4.69) is 6.07 Å². The van der Waals surface area contributed by atoms with Gasteiger partial charge in [-0.05, 0) is 49.8 Å². The molecule has 2 nitrogen and oxygen atoms in total. The molecule has 1 unspecified atom stereocenters. The summed E-state index contributed by atoms with van der Waals surface area (Å²) in [6, 6.07) is 7.94. The van der Waals surface area contributed by atoms with E-state index in [4.69, 9.17) is 4.74 Å². The van der Waals surface area contributed by atoms with E-state index in [0.29, 0.717) is 6.61 Å². The zero-order chi connectivity index (χ0) is 12.8. The molecule has 1 aromatic carbocycles. The van der Waals surface area contributed by atoms with Crippen molar-refractivity contribution in [2.75, 3.05) is 6.61 Å². The van der Waals surface area contributed by atoms with Gasteiger partial charge in [0, 0.05) is 12.2 Å². The lowest BCUT2D eigenvalue weighted by Crippen LogP contribution is -2.43. The van der Waals surface area contributed by atoms with Crippen molar-refractivity contribution in [2.24, 2.45) is 0 Å². The Morgan fingerprint density at radius 3 is 2.67 bits per heavy atom. The normalized spacial score (nSPS) is 26.2. The third kappa shape index (κ3) is 1.42. The summed E-state index contributed by atoms with van der Waals surface area (Å²) in [6.07, 6.45) is 3.20. The number of fused-ring (bicyclic) bond motifs is 2. The molecule has 0 amide bonds. The SMILES string of the molecule is CCOC1(C)C(=O)c2ccccc2C2=C1CCC2. The average Bonchev–Trinajstić information content (AvgIpc) is 2.87. The molecular weight excluding hydrogens is 224 g/mol. The second-order valence-corrected chi connectivity index (χ2v) is 5.15. The maximum absolute atomic E-state index is 12.7. The van der Waals surface area contributed by atoms with E-state index < -0.39 is 5.60 Å². The summed E-state index contributed by atoms with van der Waals surface area (Å²) in [4.78, 5) is 12.7. The second kappa shape index (κ2) is 4.06. The molecule has 0 saturated carbocycles. The van der Waals surface area contributed by atoms with Gasteiger partial charge in [0.25, 0.3) is 0 Å². The molecule has 0 aliphatic heterocycles. The van der Waals surface area contributed by atoms with Crippen molar-refractivity contribution in [3.05, 3.63) is 41.0 Å². The highest BCUT2D eigenvalue weighted by Gasteiger charge is 2.45.